The maximum Gasteiger partial charge on any atom is 0.325 e. The summed E-state index contributed by atoms with van der Waals surface area (Å²) in [6, 6.07) is 0. The third kappa shape index (κ3) is 1.93. The van der Waals surface area contributed by atoms with E-state index in [4.69, 9.17) is 5.73 Å². The maximum atomic E-state index is 10.4. The minimum Gasteiger partial charge on any atom is -0.468 e. The van der Waals surface area contributed by atoms with E-state index in [1.165, 1.54) is 14.0 Å². The number of methoxy groups -OCH3 is 1. The van der Waals surface area contributed by atoms with Crippen molar-refractivity contribution < 1.29 is 9.53 Å². The number of hydrogen-bond acceptors (Lipinski definition) is 3. The van der Waals surface area contributed by atoms with Crippen molar-refractivity contribution in [1.29, 1.82) is 0 Å². The van der Waals surface area contributed by atoms with Crippen LogP contribution in [0.15, 0.2) is 0 Å². The van der Waals surface area contributed by atoms with Gasteiger partial charge in [0.2, 0.25) is 0 Å². The van der Waals surface area contributed by atoms with Gasteiger partial charge in [0.25, 0.3) is 0 Å². The Balaban J connectivity index is 3.82. The molecule has 1 radical (unpaired) electrons. The van der Waals surface area contributed by atoms with Crippen LogP contribution in [0.3, 0.4) is 0 Å². The van der Waals surface area contributed by atoms with Gasteiger partial charge >= 0.3 is 5.97 Å². The first-order chi connectivity index (χ1) is 3.48. The van der Waals surface area contributed by atoms with Gasteiger partial charge in [0.05, 0.1) is 7.11 Å². The highest BCUT2D eigenvalue weighted by atomic mass is 16.5. The van der Waals surface area contributed by atoms with Crippen molar-refractivity contribution in [2.24, 2.45) is 5.73 Å². The van der Waals surface area contributed by atoms with E-state index in [0.29, 0.717) is 0 Å². The lowest BCUT2D eigenvalue weighted by atomic mass is 10.1. The van der Waals surface area contributed by atoms with Crippen molar-refractivity contribution in [2.75, 3.05) is 7.11 Å². The topological polar surface area (TPSA) is 52.3 Å². The fraction of sp³-hybridized carbons (Fsp3) is 0.600. The highest BCUT2D eigenvalue weighted by Crippen LogP contribution is 1.96. The van der Waals surface area contributed by atoms with Gasteiger partial charge in [-0.15, -0.1) is 0 Å². The van der Waals surface area contributed by atoms with E-state index in [1.807, 2.05) is 0 Å². The average molecular weight is 116 g/mol. The zero-order valence-corrected chi connectivity index (χ0v) is 5.10. The third-order valence-corrected chi connectivity index (χ3v) is 0.652. The Hall–Kier alpha value is -0.570. The van der Waals surface area contributed by atoms with Crippen molar-refractivity contribution in [3.05, 3.63) is 6.92 Å². The SMILES string of the molecule is [CH2]C(C)(N)C(=O)OC. The zero-order valence-electron chi connectivity index (χ0n) is 5.10. The Morgan fingerprint density at radius 1 is 1.88 bits per heavy atom. The van der Waals surface area contributed by atoms with Gasteiger partial charge in [0, 0.05) is 0 Å². The smallest absolute Gasteiger partial charge is 0.325 e. The Bertz CT molecular complexity index is 93.1. The molecule has 3 heteroatoms. The van der Waals surface area contributed by atoms with Gasteiger partial charge in [-0.05, 0) is 13.8 Å². The van der Waals surface area contributed by atoms with Gasteiger partial charge in [-0.3, -0.25) is 4.79 Å². The lowest BCUT2D eigenvalue weighted by molar-refractivity contribution is -0.144. The lowest BCUT2D eigenvalue weighted by Crippen LogP contribution is -2.42. The molecule has 0 saturated heterocycles. The summed E-state index contributed by atoms with van der Waals surface area (Å²) in [6.07, 6.45) is 0. The highest BCUT2D eigenvalue weighted by molar-refractivity contribution is 5.80. The van der Waals surface area contributed by atoms with E-state index < -0.39 is 11.5 Å². The number of rotatable bonds is 1. The summed E-state index contributed by atoms with van der Waals surface area (Å²) in [5.74, 6) is -0.502. The fourth-order valence-electron chi connectivity index (χ4n) is 0.233. The van der Waals surface area contributed by atoms with Crippen LogP contribution in [-0.4, -0.2) is 18.6 Å². The Labute approximate surface area is 48.8 Å². The summed E-state index contributed by atoms with van der Waals surface area (Å²) >= 11 is 0. The van der Waals surface area contributed by atoms with Crippen LogP contribution in [0.5, 0.6) is 0 Å². The van der Waals surface area contributed by atoms with E-state index in [1.54, 1.807) is 0 Å². The normalized spacial score (nSPS) is 11.0. The molecule has 0 aliphatic heterocycles. The van der Waals surface area contributed by atoms with Crippen LogP contribution in [0.1, 0.15) is 6.92 Å². The number of ether oxygens (including phenoxy) is 1. The van der Waals surface area contributed by atoms with Crippen LogP contribution < -0.4 is 5.73 Å². The molecule has 3 nitrogen and oxygen atoms in total. The molecule has 2 N–H and O–H groups in total. The molecule has 1 unspecified atom stereocenters. The summed E-state index contributed by atoms with van der Waals surface area (Å²) < 4.78 is 4.29. The van der Waals surface area contributed by atoms with Gasteiger partial charge in [-0.25, -0.2) is 0 Å². The van der Waals surface area contributed by atoms with E-state index in [-0.39, 0.29) is 0 Å². The molecule has 0 saturated carbocycles. The third-order valence-electron chi connectivity index (χ3n) is 0.652. The Kier molecular flexibility index (Phi) is 1.98. The van der Waals surface area contributed by atoms with Gasteiger partial charge in [0.1, 0.15) is 5.54 Å². The molecular formula is C5H10NO2. The number of carbonyl (C=O) groups excluding carboxylic acids is 1. The standard InChI is InChI=1S/C5H10NO2/c1-5(2,6)4(7)8-3/h1,6H2,2-3H3. The monoisotopic (exact) mass is 116 g/mol. The van der Waals surface area contributed by atoms with Crippen LogP contribution >= 0.6 is 0 Å². The second-order valence-electron chi connectivity index (χ2n) is 1.91. The molecule has 0 rings (SSSR count). The van der Waals surface area contributed by atoms with Crippen LogP contribution in [0.2, 0.25) is 0 Å². The predicted octanol–water partition coefficient (Wildman–Crippen LogP) is -0.289. The Morgan fingerprint density at radius 3 is 2.25 bits per heavy atom. The van der Waals surface area contributed by atoms with Crippen molar-refractivity contribution in [1.82, 2.24) is 0 Å². The predicted molar refractivity (Wildman–Crippen MR) is 30.0 cm³/mol. The second-order valence-corrected chi connectivity index (χ2v) is 1.91. The van der Waals surface area contributed by atoms with Crippen LogP contribution in [0, 0.1) is 6.92 Å². The maximum absolute atomic E-state index is 10.4. The van der Waals surface area contributed by atoms with Crippen LogP contribution in [0.4, 0.5) is 0 Å². The molecule has 0 aromatic heterocycles. The number of esters is 1. The average Bonchev–Trinajstić information content (AvgIpc) is 1.62. The molecule has 0 amide bonds. The molecule has 0 heterocycles. The Morgan fingerprint density at radius 2 is 2.25 bits per heavy atom. The quantitative estimate of drug-likeness (QED) is 0.479. The van der Waals surface area contributed by atoms with E-state index in [0.717, 1.165) is 0 Å². The minimum absolute atomic E-state index is 0.502. The highest BCUT2D eigenvalue weighted by Gasteiger charge is 2.21. The summed E-state index contributed by atoms with van der Waals surface area (Å²) in [5.41, 5.74) is 4.10. The summed E-state index contributed by atoms with van der Waals surface area (Å²) in [6.45, 7) is 4.83. The second kappa shape index (κ2) is 2.13. The molecule has 0 fully saturated rings. The molecule has 0 aliphatic rings. The van der Waals surface area contributed by atoms with Crippen molar-refractivity contribution >= 4 is 5.97 Å². The van der Waals surface area contributed by atoms with Crippen LogP contribution in [-0.2, 0) is 9.53 Å². The molecule has 0 aromatic rings. The molecule has 0 bridgehead atoms. The van der Waals surface area contributed by atoms with E-state index in [2.05, 4.69) is 11.7 Å². The summed E-state index contributed by atoms with van der Waals surface area (Å²) in [7, 11) is 1.28. The molecule has 47 valence electrons. The van der Waals surface area contributed by atoms with Crippen LogP contribution in [0.25, 0.3) is 0 Å². The van der Waals surface area contributed by atoms with Crippen molar-refractivity contribution in [3.8, 4) is 0 Å². The lowest BCUT2D eigenvalue weighted by Gasteiger charge is -2.13. The largest absolute Gasteiger partial charge is 0.468 e. The van der Waals surface area contributed by atoms with Gasteiger partial charge in [-0.1, -0.05) is 0 Å². The first kappa shape index (κ1) is 7.43. The van der Waals surface area contributed by atoms with Crippen molar-refractivity contribution in [2.45, 2.75) is 12.5 Å². The molecular weight excluding hydrogens is 106 g/mol. The van der Waals surface area contributed by atoms with E-state index in [9.17, 15) is 4.79 Å². The summed E-state index contributed by atoms with van der Waals surface area (Å²) in [4.78, 5) is 10.4. The molecule has 0 spiro atoms. The molecule has 0 aromatic carbocycles. The van der Waals surface area contributed by atoms with Gasteiger partial charge in [0.15, 0.2) is 0 Å². The molecule has 8 heavy (non-hydrogen) atoms. The van der Waals surface area contributed by atoms with Gasteiger partial charge in [-0.2, -0.15) is 0 Å². The number of hydrogen-bond donors (Lipinski definition) is 1. The molecule has 0 aliphatic carbocycles. The first-order valence-electron chi connectivity index (χ1n) is 2.21. The minimum atomic E-state index is -1.10. The van der Waals surface area contributed by atoms with Crippen molar-refractivity contribution in [3.63, 3.8) is 0 Å². The zero-order chi connectivity index (χ0) is 6.78. The summed E-state index contributed by atoms with van der Waals surface area (Å²) in [5, 5.41) is 0. The van der Waals surface area contributed by atoms with Gasteiger partial charge < -0.3 is 10.5 Å². The first-order valence-corrected chi connectivity index (χ1v) is 2.21. The fourth-order valence-corrected chi connectivity index (χ4v) is 0.233. The number of nitrogens with two attached hydrogens (primary N) is 1. The molecule has 1 atom stereocenters. The van der Waals surface area contributed by atoms with E-state index >= 15 is 0 Å². The number of carbonyl (C=O) groups is 1.